The minimum atomic E-state index is 0.288. The van der Waals surface area contributed by atoms with Gasteiger partial charge in [0.2, 0.25) is 0 Å². The van der Waals surface area contributed by atoms with Crippen LogP contribution >= 0.6 is 11.3 Å². The molecule has 3 aromatic rings. The Bertz CT molecular complexity index is 756. The number of para-hydroxylation sites is 1. The van der Waals surface area contributed by atoms with Crippen LogP contribution in [0.2, 0.25) is 0 Å². The Morgan fingerprint density at radius 3 is 3.00 bits per heavy atom. The lowest BCUT2D eigenvalue weighted by Crippen LogP contribution is -2.04. The first kappa shape index (κ1) is 11.7. The van der Waals surface area contributed by atoms with Gasteiger partial charge in [-0.15, -0.1) is 11.3 Å². The van der Waals surface area contributed by atoms with E-state index < -0.39 is 0 Å². The topological polar surface area (TPSA) is 34.1 Å². The number of hydrogen-bond donors (Lipinski definition) is 1. The van der Waals surface area contributed by atoms with Gasteiger partial charge in [-0.3, -0.25) is 0 Å². The molecule has 1 aromatic heterocycles. The highest BCUT2D eigenvalue weighted by molar-refractivity contribution is 7.18. The van der Waals surface area contributed by atoms with Gasteiger partial charge in [-0.05, 0) is 29.8 Å². The largest absolute Gasteiger partial charge is 0.497 e. The Morgan fingerprint density at radius 1 is 1.25 bits per heavy atom. The van der Waals surface area contributed by atoms with Gasteiger partial charge in [0.15, 0.2) is 0 Å². The fourth-order valence-corrected chi connectivity index (χ4v) is 3.69. The molecule has 20 heavy (non-hydrogen) atoms. The molecule has 0 aliphatic carbocycles. The lowest BCUT2D eigenvalue weighted by molar-refractivity contribution is 0.415. The summed E-state index contributed by atoms with van der Waals surface area (Å²) in [5.74, 6) is 0.885. The highest BCUT2D eigenvalue weighted by atomic mass is 32.1. The SMILES string of the molecule is COc1ccc2nc(C3Cc4ccccc4N3)sc2c1. The molecular formula is C16H14N2OS. The number of fused-ring (bicyclic) bond motifs is 2. The molecule has 0 bridgehead atoms. The summed E-state index contributed by atoms with van der Waals surface area (Å²) in [6.45, 7) is 0. The second-order valence-electron chi connectivity index (χ2n) is 4.94. The van der Waals surface area contributed by atoms with Crippen molar-refractivity contribution in [3.63, 3.8) is 0 Å². The minimum Gasteiger partial charge on any atom is -0.497 e. The third-order valence-electron chi connectivity index (χ3n) is 3.68. The third-order valence-corrected chi connectivity index (χ3v) is 4.81. The van der Waals surface area contributed by atoms with E-state index in [0.29, 0.717) is 0 Å². The van der Waals surface area contributed by atoms with E-state index in [1.54, 1.807) is 18.4 Å². The third kappa shape index (κ3) is 1.84. The molecule has 0 saturated carbocycles. The molecule has 1 unspecified atom stereocenters. The van der Waals surface area contributed by atoms with E-state index in [1.165, 1.54) is 16.0 Å². The quantitative estimate of drug-likeness (QED) is 0.771. The molecule has 3 nitrogen and oxygen atoms in total. The van der Waals surface area contributed by atoms with Gasteiger partial charge >= 0.3 is 0 Å². The molecule has 4 heteroatoms. The normalized spacial score (nSPS) is 16.9. The van der Waals surface area contributed by atoms with Crippen LogP contribution in [0.4, 0.5) is 5.69 Å². The fourth-order valence-electron chi connectivity index (χ4n) is 2.65. The van der Waals surface area contributed by atoms with Gasteiger partial charge in [-0.25, -0.2) is 4.98 Å². The van der Waals surface area contributed by atoms with Gasteiger partial charge in [-0.2, -0.15) is 0 Å². The zero-order valence-electron chi connectivity index (χ0n) is 11.1. The second-order valence-corrected chi connectivity index (χ2v) is 6.01. The van der Waals surface area contributed by atoms with Crippen LogP contribution in [0, 0.1) is 0 Å². The van der Waals surface area contributed by atoms with E-state index in [1.807, 2.05) is 12.1 Å². The van der Waals surface area contributed by atoms with Crippen LogP contribution in [-0.4, -0.2) is 12.1 Å². The molecule has 1 aliphatic rings. The maximum absolute atomic E-state index is 5.27. The first-order valence-corrected chi connectivity index (χ1v) is 7.44. The van der Waals surface area contributed by atoms with E-state index >= 15 is 0 Å². The van der Waals surface area contributed by atoms with Crippen LogP contribution in [0.5, 0.6) is 5.75 Å². The number of nitrogens with one attached hydrogen (secondary N) is 1. The molecule has 2 heterocycles. The average molecular weight is 282 g/mol. The number of benzene rings is 2. The van der Waals surface area contributed by atoms with Crippen molar-refractivity contribution >= 4 is 27.2 Å². The van der Waals surface area contributed by atoms with E-state index in [2.05, 4.69) is 35.6 Å². The number of methoxy groups -OCH3 is 1. The summed E-state index contributed by atoms with van der Waals surface area (Å²) in [6.07, 6.45) is 1.01. The van der Waals surface area contributed by atoms with Crippen molar-refractivity contribution in [3.05, 3.63) is 53.0 Å². The molecule has 0 fully saturated rings. The molecule has 2 aromatic carbocycles. The van der Waals surface area contributed by atoms with Crippen molar-refractivity contribution in [1.29, 1.82) is 0 Å². The van der Waals surface area contributed by atoms with Gasteiger partial charge in [0.25, 0.3) is 0 Å². The number of hydrogen-bond acceptors (Lipinski definition) is 4. The summed E-state index contributed by atoms with van der Waals surface area (Å²) in [6, 6.07) is 14.8. The van der Waals surface area contributed by atoms with Crippen molar-refractivity contribution in [2.24, 2.45) is 0 Å². The Hall–Kier alpha value is -2.07. The molecule has 0 spiro atoms. The van der Waals surface area contributed by atoms with Gasteiger partial charge in [-0.1, -0.05) is 18.2 Å². The summed E-state index contributed by atoms with van der Waals surface area (Å²) in [5.41, 5.74) is 3.65. The minimum absolute atomic E-state index is 0.288. The van der Waals surface area contributed by atoms with E-state index in [9.17, 15) is 0 Å². The monoisotopic (exact) mass is 282 g/mol. The van der Waals surface area contributed by atoms with E-state index in [-0.39, 0.29) is 6.04 Å². The number of ether oxygens (including phenoxy) is 1. The maximum Gasteiger partial charge on any atom is 0.120 e. The van der Waals surface area contributed by atoms with E-state index in [0.717, 1.165) is 22.7 Å². The van der Waals surface area contributed by atoms with Crippen LogP contribution in [0.3, 0.4) is 0 Å². The molecule has 4 rings (SSSR count). The van der Waals surface area contributed by atoms with Gasteiger partial charge in [0.05, 0.1) is 23.4 Å². The summed E-state index contributed by atoms with van der Waals surface area (Å²) in [5, 5.41) is 4.70. The zero-order chi connectivity index (χ0) is 13.5. The van der Waals surface area contributed by atoms with Crippen molar-refractivity contribution in [3.8, 4) is 5.75 Å². The summed E-state index contributed by atoms with van der Waals surface area (Å²) >= 11 is 1.74. The second kappa shape index (κ2) is 4.49. The van der Waals surface area contributed by atoms with Crippen LogP contribution in [-0.2, 0) is 6.42 Å². The number of anilines is 1. The zero-order valence-corrected chi connectivity index (χ0v) is 11.9. The summed E-state index contributed by atoms with van der Waals surface area (Å²) < 4.78 is 6.45. The summed E-state index contributed by atoms with van der Waals surface area (Å²) in [7, 11) is 1.69. The number of thiazole rings is 1. The lowest BCUT2D eigenvalue weighted by atomic mass is 10.1. The molecule has 1 aliphatic heterocycles. The molecule has 0 saturated heterocycles. The van der Waals surface area contributed by atoms with Gasteiger partial charge in [0.1, 0.15) is 10.8 Å². The molecular weight excluding hydrogens is 268 g/mol. The summed E-state index contributed by atoms with van der Waals surface area (Å²) in [4.78, 5) is 4.75. The standard InChI is InChI=1S/C16H14N2OS/c1-19-11-6-7-13-15(9-11)20-16(18-13)14-8-10-4-2-3-5-12(10)17-14/h2-7,9,14,17H,8H2,1H3. The predicted molar refractivity (Wildman–Crippen MR) is 82.7 cm³/mol. The molecule has 0 amide bonds. The molecule has 1 N–H and O–H groups in total. The van der Waals surface area contributed by atoms with Crippen LogP contribution in [0.25, 0.3) is 10.2 Å². The fraction of sp³-hybridized carbons (Fsp3) is 0.188. The predicted octanol–water partition coefficient (Wildman–Crippen LogP) is 4.01. The Balaban J connectivity index is 1.70. The molecule has 1 atom stereocenters. The van der Waals surface area contributed by atoms with Crippen LogP contribution in [0.15, 0.2) is 42.5 Å². The number of aromatic nitrogens is 1. The Morgan fingerprint density at radius 2 is 2.15 bits per heavy atom. The van der Waals surface area contributed by atoms with Gasteiger partial charge < -0.3 is 10.1 Å². The smallest absolute Gasteiger partial charge is 0.120 e. The van der Waals surface area contributed by atoms with Crippen molar-refractivity contribution < 1.29 is 4.74 Å². The Kier molecular flexibility index (Phi) is 2.63. The highest BCUT2D eigenvalue weighted by Crippen LogP contribution is 2.37. The van der Waals surface area contributed by atoms with Crippen LogP contribution in [0.1, 0.15) is 16.6 Å². The van der Waals surface area contributed by atoms with Crippen molar-refractivity contribution in [2.45, 2.75) is 12.5 Å². The first-order valence-electron chi connectivity index (χ1n) is 6.62. The van der Waals surface area contributed by atoms with Gasteiger partial charge in [0, 0.05) is 12.1 Å². The highest BCUT2D eigenvalue weighted by Gasteiger charge is 2.24. The maximum atomic E-state index is 5.27. The molecule has 100 valence electrons. The Labute approximate surface area is 121 Å². The van der Waals surface area contributed by atoms with E-state index in [4.69, 9.17) is 9.72 Å². The average Bonchev–Trinajstić information content (AvgIpc) is 3.09. The lowest BCUT2D eigenvalue weighted by Gasteiger charge is -2.06. The van der Waals surface area contributed by atoms with Crippen molar-refractivity contribution in [1.82, 2.24) is 4.98 Å². The van der Waals surface area contributed by atoms with Crippen molar-refractivity contribution in [2.75, 3.05) is 12.4 Å². The number of nitrogens with zero attached hydrogens (tertiary/aromatic N) is 1. The first-order chi connectivity index (χ1) is 9.83. The molecule has 0 radical (unpaired) electrons. The number of rotatable bonds is 2. The van der Waals surface area contributed by atoms with Crippen LogP contribution < -0.4 is 10.1 Å².